The van der Waals surface area contributed by atoms with Gasteiger partial charge in [-0.2, -0.15) is 0 Å². The Morgan fingerprint density at radius 1 is 1.00 bits per heavy atom. The fraction of sp³-hybridized carbons (Fsp3) is 0.150. The van der Waals surface area contributed by atoms with Gasteiger partial charge in [0.25, 0.3) is 5.91 Å². The zero-order chi connectivity index (χ0) is 17.1. The molecule has 0 unspecified atom stereocenters. The highest BCUT2D eigenvalue weighted by atomic mass is 35.5. The Hall–Kier alpha value is -2.52. The molecule has 3 aromatic carbocycles. The highest BCUT2D eigenvalue weighted by Gasteiger charge is 2.10. The predicted octanol–water partition coefficient (Wildman–Crippen LogP) is 4.81. The molecule has 0 saturated heterocycles. The first-order chi connectivity index (χ1) is 11.5. The third kappa shape index (κ3) is 3.52. The minimum Gasteiger partial charge on any atom is -0.380 e. The molecule has 3 rings (SSSR count). The molecule has 3 nitrogen and oxygen atoms in total. The van der Waals surface area contributed by atoms with Gasteiger partial charge in [-0.15, -0.1) is 0 Å². The van der Waals surface area contributed by atoms with E-state index < -0.39 is 0 Å². The maximum Gasteiger partial charge on any atom is 0.253 e. The third-order valence-electron chi connectivity index (χ3n) is 3.92. The zero-order valence-corrected chi connectivity index (χ0v) is 14.5. The summed E-state index contributed by atoms with van der Waals surface area (Å²) in [5, 5.41) is 6.36. The van der Waals surface area contributed by atoms with Gasteiger partial charge in [0, 0.05) is 26.2 Å². The summed E-state index contributed by atoms with van der Waals surface area (Å²) in [4.78, 5) is 13.6. The number of hydrogen-bond acceptors (Lipinski definition) is 2. The predicted molar refractivity (Wildman–Crippen MR) is 101 cm³/mol. The van der Waals surface area contributed by atoms with Crippen LogP contribution in [0.5, 0.6) is 0 Å². The number of fused-ring (bicyclic) bond motifs is 1. The minimum absolute atomic E-state index is 0.0413. The first-order valence-corrected chi connectivity index (χ1v) is 8.15. The van der Waals surface area contributed by atoms with E-state index in [1.165, 1.54) is 10.8 Å². The summed E-state index contributed by atoms with van der Waals surface area (Å²) >= 11 is 6.25. The van der Waals surface area contributed by atoms with Gasteiger partial charge < -0.3 is 10.2 Å². The van der Waals surface area contributed by atoms with Crippen molar-refractivity contribution in [2.24, 2.45) is 0 Å². The van der Waals surface area contributed by atoms with E-state index in [9.17, 15) is 4.79 Å². The molecule has 0 atom stereocenters. The van der Waals surface area contributed by atoms with E-state index in [2.05, 4.69) is 35.6 Å². The summed E-state index contributed by atoms with van der Waals surface area (Å²) in [6.07, 6.45) is 0. The molecule has 0 spiro atoms. The average Bonchev–Trinajstić information content (AvgIpc) is 2.60. The van der Waals surface area contributed by atoms with Crippen molar-refractivity contribution >= 4 is 34.0 Å². The van der Waals surface area contributed by atoms with Gasteiger partial charge in [0.1, 0.15) is 0 Å². The van der Waals surface area contributed by atoms with Gasteiger partial charge in [0.05, 0.1) is 10.7 Å². The number of anilines is 1. The summed E-state index contributed by atoms with van der Waals surface area (Å²) in [5.41, 5.74) is 2.54. The Balaban J connectivity index is 1.80. The van der Waals surface area contributed by atoms with Gasteiger partial charge in [-0.1, -0.05) is 48.0 Å². The summed E-state index contributed by atoms with van der Waals surface area (Å²) in [7, 11) is 3.47. The van der Waals surface area contributed by atoms with E-state index in [4.69, 9.17) is 11.6 Å². The second kappa shape index (κ2) is 6.93. The van der Waals surface area contributed by atoms with Crippen LogP contribution in [0.1, 0.15) is 15.9 Å². The van der Waals surface area contributed by atoms with Gasteiger partial charge in [-0.05, 0) is 40.6 Å². The van der Waals surface area contributed by atoms with Crippen LogP contribution in [0, 0.1) is 0 Å². The Morgan fingerprint density at radius 2 is 1.75 bits per heavy atom. The quantitative estimate of drug-likeness (QED) is 0.740. The number of nitrogens with zero attached hydrogens (tertiary/aromatic N) is 1. The molecule has 1 amide bonds. The highest BCUT2D eigenvalue weighted by Crippen LogP contribution is 2.25. The molecule has 0 heterocycles. The van der Waals surface area contributed by atoms with Crippen molar-refractivity contribution in [1.82, 2.24) is 4.90 Å². The first kappa shape index (κ1) is 16.3. The van der Waals surface area contributed by atoms with Crippen LogP contribution < -0.4 is 5.32 Å². The maximum atomic E-state index is 12.1. The standard InChI is InChI=1S/C20H19ClN2O/c1-23(2)20(24)17-9-10-18(21)19(12-17)22-13-14-7-8-15-5-3-4-6-16(15)11-14/h3-12,22H,13H2,1-2H3. The van der Waals surface area contributed by atoms with Crippen molar-refractivity contribution < 1.29 is 4.79 Å². The monoisotopic (exact) mass is 338 g/mol. The topological polar surface area (TPSA) is 32.3 Å². The minimum atomic E-state index is -0.0413. The smallest absolute Gasteiger partial charge is 0.253 e. The van der Waals surface area contributed by atoms with Crippen LogP contribution in [-0.2, 0) is 6.54 Å². The SMILES string of the molecule is CN(C)C(=O)c1ccc(Cl)c(NCc2ccc3ccccc3c2)c1. The molecule has 24 heavy (non-hydrogen) atoms. The summed E-state index contributed by atoms with van der Waals surface area (Å²) in [6.45, 7) is 0.643. The van der Waals surface area contributed by atoms with Gasteiger partial charge in [-0.25, -0.2) is 0 Å². The lowest BCUT2D eigenvalue weighted by atomic mass is 10.1. The van der Waals surface area contributed by atoms with E-state index in [0.717, 1.165) is 11.3 Å². The van der Waals surface area contributed by atoms with Crippen molar-refractivity contribution in [2.75, 3.05) is 19.4 Å². The van der Waals surface area contributed by atoms with Gasteiger partial charge in [0.2, 0.25) is 0 Å². The molecular formula is C20H19ClN2O. The maximum absolute atomic E-state index is 12.1. The van der Waals surface area contributed by atoms with Gasteiger partial charge in [-0.3, -0.25) is 4.79 Å². The lowest BCUT2D eigenvalue weighted by Crippen LogP contribution is -2.21. The number of carbonyl (C=O) groups excluding carboxylic acids is 1. The number of nitrogens with one attached hydrogen (secondary N) is 1. The highest BCUT2D eigenvalue weighted by molar-refractivity contribution is 6.33. The first-order valence-electron chi connectivity index (χ1n) is 7.77. The molecule has 0 aliphatic rings. The summed E-state index contributed by atoms with van der Waals surface area (Å²) in [6, 6.07) is 19.9. The molecule has 0 bridgehead atoms. The van der Waals surface area contributed by atoms with Crippen molar-refractivity contribution in [1.29, 1.82) is 0 Å². The second-order valence-electron chi connectivity index (χ2n) is 5.93. The molecular weight excluding hydrogens is 320 g/mol. The summed E-state index contributed by atoms with van der Waals surface area (Å²) < 4.78 is 0. The van der Waals surface area contributed by atoms with Crippen LogP contribution >= 0.6 is 11.6 Å². The number of amides is 1. The Bertz CT molecular complexity index is 890. The lowest BCUT2D eigenvalue weighted by Gasteiger charge is -2.13. The van der Waals surface area contributed by atoms with E-state index in [-0.39, 0.29) is 5.91 Å². The Morgan fingerprint density at radius 3 is 2.50 bits per heavy atom. The molecule has 0 saturated carbocycles. The molecule has 0 aliphatic carbocycles. The van der Waals surface area contributed by atoms with Crippen LogP contribution in [0.15, 0.2) is 60.7 Å². The van der Waals surface area contributed by atoms with Crippen LogP contribution in [0.25, 0.3) is 10.8 Å². The van der Waals surface area contributed by atoms with Crippen molar-refractivity contribution in [2.45, 2.75) is 6.54 Å². The van der Waals surface area contributed by atoms with Crippen LogP contribution in [-0.4, -0.2) is 24.9 Å². The van der Waals surface area contributed by atoms with E-state index in [0.29, 0.717) is 17.1 Å². The molecule has 1 N–H and O–H groups in total. The van der Waals surface area contributed by atoms with E-state index >= 15 is 0 Å². The number of hydrogen-bond donors (Lipinski definition) is 1. The van der Waals surface area contributed by atoms with Gasteiger partial charge in [0.15, 0.2) is 0 Å². The van der Waals surface area contributed by atoms with Gasteiger partial charge >= 0.3 is 0 Å². The lowest BCUT2D eigenvalue weighted by molar-refractivity contribution is 0.0827. The zero-order valence-electron chi connectivity index (χ0n) is 13.7. The third-order valence-corrected chi connectivity index (χ3v) is 4.25. The molecule has 0 aliphatic heterocycles. The number of carbonyl (C=O) groups is 1. The number of benzene rings is 3. The molecule has 3 aromatic rings. The number of halogens is 1. The fourth-order valence-electron chi connectivity index (χ4n) is 2.60. The second-order valence-corrected chi connectivity index (χ2v) is 6.34. The van der Waals surface area contributed by atoms with E-state index in [1.54, 1.807) is 37.2 Å². The summed E-state index contributed by atoms with van der Waals surface area (Å²) in [5.74, 6) is -0.0413. The molecule has 4 heteroatoms. The van der Waals surface area contributed by atoms with Crippen molar-refractivity contribution in [3.8, 4) is 0 Å². The van der Waals surface area contributed by atoms with Crippen LogP contribution in [0.4, 0.5) is 5.69 Å². The number of rotatable bonds is 4. The van der Waals surface area contributed by atoms with Crippen LogP contribution in [0.3, 0.4) is 0 Å². The molecule has 0 radical (unpaired) electrons. The molecule has 0 fully saturated rings. The average molecular weight is 339 g/mol. The largest absolute Gasteiger partial charge is 0.380 e. The molecule has 122 valence electrons. The Kier molecular flexibility index (Phi) is 4.72. The normalized spacial score (nSPS) is 10.6. The van der Waals surface area contributed by atoms with Crippen molar-refractivity contribution in [3.05, 3.63) is 76.8 Å². The Labute approximate surface area is 146 Å². The van der Waals surface area contributed by atoms with Crippen LogP contribution in [0.2, 0.25) is 5.02 Å². The van der Waals surface area contributed by atoms with Crippen molar-refractivity contribution in [3.63, 3.8) is 0 Å². The van der Waals surface area contributed by atoms with E-state index in [1.807, 2.05) is 12.1 Å². The molecule has 0 aromatic heterocycles. The fourth-order valence-corrected chi connectivity index (χ4v) is 2.78.